The molecule has 0 fully saturated rings. The molecule has 4 atom stereocenters. The first-order chi connectivity index (χ1) is 16.1. The van der Waals surface area contributed by atoms with E-state index in [1.807, 2.05) is 0 Å². The van der Waals surface area contributed by atoms with Crippen molar-refractivity contribution in [2.24, 2.45) is 17.2 Å². The van der Waals surface area contributed by atoms with Crippen molar-refractivity contribution in [1.82, 2.24) is 21.3 Å². The van der Waals surface area contributed by atoms with Gasteiger partial charge in [-0.3, -0.25) is 24.0 Å². The summed E-state index contributed by atoms with van der Waals surface area (Å²) in [5.74, 6) is -3.94. The van der Waals surface area contributed by atoms with Crippen molar-refractivity contribution in [3.63, 3.8) is 0 Å². The molecule has 34 heavy (non-hydrogen) atoms. The number of nitrogens with one attached hydrogen (secondary N) is 4. The molecule has 0 unspecified atom stereocenters. The summed E-state index contributed by atoms with van der Waals surface area (Å²) in [6.45, 7) is 0.983. The largest absolute Gasteiger partial charge is 0.480 e. The van der Waals surface area contributed by atoms with Gasteiger partial charge in [-0.15, -0.1) is 0 Å². The number of hydrogen-bond donors (Lipinski definition) is 9. The predicted octanol–water partition coefficient (Wildman–Crippen LogP) is -3.76. The summed E-state index contributed by atoms with van der Waals surface area (Å²) in [4.78, 5) is 60.4. The van der Waals surface area contributed by atoms with E-state index in [-0.39, 0.29) is 12.8 Å². The van der Waals surface area contributed by atoms with Crippen LogP contribution in [0.5, 0.6) is 0 Å². The second-order valence-corrected chi connectivity index (χ2v) is 7.82. The Kier molecular flexibility index (Phi) is 16.2. The Morgan fingerprint density at radius 1 is 0.765 bits per heavy atom. The SMILES string of the molecule is C[C@H](NC(=O)[C@H](CCCCN)NC(=O)[C@@H](N)CO)C(=O)N[C@@H](CCCCN)C(=O)NCC(=O)O. The third-order valence-electron chi connectivity index (χ3n) is 4.86. The van der Waals surface area contributed by atoms with Crippen LogP contribution >= 0.6 is 0 Å². The van der Waals surface area contributed by atoms with E-state index in [1.165, 1.54) is 6.92 Å². The number of aliphatic hydroxyl groups is 1. The van der Waals surface area contributed by atoms with E-state index >= 15 is 0 Å². The molecule has 0 aliphatic heterocycles. The number of carboxylic acid groups (broad SMARTS) is 1. The van der Waals surface area contributed by atoms with Gasteiger partial charge in [-0.25, -0.2) is 0 Å². The van der Waals surface area contributed by atoms with Crippen molar-refractivity contribution in [3.05, 3.63) is 0 Å². The molecule has 0 aromatic heterocycles. The normalized spacial score (nSPS) is 14.3. The molecule has 196 valence electrons. The summed E-state index contributed by atoms with van der Waals surface area (Å²) < 4.78 is 0. The molecule has 0 rings (SSSR count). The van der Waals surface area contributed by atoms with Gasteiger partial charge in [0.05, 0.1) is 6.61 Å². The summed E-state index contributed by atoms with van der Waals surface area (Å²) in [6.07, 6.45) is 2.72. The first-order valence-electron chi connectivity index (χ1n) is 11.2. The van der Waals surface area contributed by atoms with Crippen LogP contribution < -0.4 is 38.5 Å². The fourth-order valence-electron chi connectivity index (χ4n) is 2.85. The second-order valence-electron chi connectivity index (χ2n) is 7.82. The number of hydrogen-bond acceptors (Lipinski definition) is 9. The molecule has 0 aromatic carbocycles. The maximum Gasteiger partial charge on any atom is 0.322 e. The summed E-state index contributed by atoms with van der Waals surface area (Å²) in [5, 5.41) is 27.4. The minimum absolute atomic E-state index is 0.228. The molecule has 4 amide bonds. The summed E-state index contributed by atoms with van der Waals surface area (Å²) in [5.41, 5.74) is 16.4. The van der Waals surface area contributed by atoms with E-state index in [1.54, 1.807) is 0 Å². The number of aliphatic hydroxyl groups excluding tert-OH is 1. The van der Waals surface area contributed by atoms with Crippen LogP contribution in [0, 0.1) is 0 Å². The van der Waals surface area contributed by atoms with E-state index in [0.717, 1.165) is 0 Å². The number of carbonyl (C=O) groups excluding carboxylic acids is 4. The number of rotatable bonds is 18. The Morgan fingerprint density at radius 3 is 1.74 bits per heavy atom. The molecule has 0 heterocycles. The lowest BCUT2D eigenvalue weighted by Gasteiger charge is -2.24. The number of carboxylic acids is 1. The van der Waals surface area contributed by atoms with Gasteiger partial charge in [0.1, 0.15) is 30.7 Å². The lowest BCUT2D eigenvalue weighted by Crippen LogP contribution is -2.57. The molecular formula is C20H39N7O7. The van der Waals surface area contributed by atoms with E-state index in [2.05, 4.69) is 21.3 Å². The quantitative estimate of drug-likeness (QED) is 0.0849. The molecule has 0 saturated carbocycles. The van der Waals surface area contributed by atoms with Gasteiger partial charge in [0.15, 0.2) is 0 Å². The van der Waals surface area contributed by atoms with Gasteiger partial charge in [-0.1, -0.05) is 0 Å². The highest BCUT2D eigenvalue weighted by molar-refractivity contribution is 5.94. The smallest absolute Gasteiger partial charge is 0.322 e. The van der Waals surface area contributed by atoms with Crippen molar-refractivity contribution in [2.75, 3.05) is 26.2 Å². The monoisotopic (exact) mass is 489 g/mol. The van der Waals surface area contributed by atoms with Crippen LogP contribution in [0.15, 0.2) is 0 Å². The molecule has 14 nitrogen and oxygen atoms in total. The number of aliphatic carboxylic acids is 1. The Labute approximate surface area is 198 Å². The molecule has 0 saturated heterocycles. The molecular weight excluding hydrogens is 450 g/mol. The van der Waals surface area contributed by atoms with Gasteiger partial charge in [0.25, 0.3) is 0 Å². The van der Waals surface area contributed by atoms with Crippen LogP contribution in [0.3, 0.4) is 0 Å². The van der Waals surface area contributed by atoms with Crippen molar-refractivity contribution < 1.29 is 34.2 Å². The zero-order valence-electron chi connectivity index (χ0n) is 19.5. The zero-order chi connectivity index (χ0) is 26.1. The molecule has 12 N–H and O–H groups in total. The predicted molar refractivity (Wildman–Crippen MR) is 123 cm³/mol. The first kappa shape index (κ1) is 31.2. The number of nitrogens with two attached hydrogens (primary N) is 3. The highest BCUT2D eigenvalue weighted by atomic mass is 16.4. The average molecular weight is 490 g/mol. The molecule has 0 aliphatic carbocycles. The van der Waals surface area contributed by atoms with Crippen molar-refractivity contribution in [2.45, 2.75) is 69.6 Å². The topological polar surface area (TPSA) is 252 Å². The van der Waals surface area contributed by atoms with E-state index in [4.69, 9.17) is 27.4 Å². The van der Waals surface area contributed by atoms with Crippen molar-refractivity contribution in [1.29, 1.82) is 0 Å². The maximum atomic E-state index is 12.7. The fourth-order valence-corrected chi connectivity index (χ4v) is 2.85. The van der Waals surface area contributed by atoms with E-state index in [0.29, 0.717) is 38.8 Å². The van der Waals surface area contributed by atoms with E-state index < -0.39 is 66.9 Å². The Morgan fingerprint density at radius 2 is 1.26 bits per heavy atom. The molecule has 0 aromatic rings. The molecule has 14 heteroatoms. The first-order valence-corrected chi connectivity index (χ1v) is 11.2. The minimum Gasteiger partial charge on any atom is -0.480 e. The van der Waals surface area contributed by atoms with Crippen LogP contribution in [0.2, 0.25) is 0 Å². The molecule has 0 radical (unpaired) electrons. The van der Waals surface area contributed by atoms with E-state index in [9.17, 15) is 24.0 Å². The highest BCUT2D eigenvalue weighted by Gasteiger charge is 2.28. The fraction of sp³-hybridized carbons (Fsp3) is 0.750. The van der Waals surface area contributed by atoms with Gasteiger partial charge >= 0.3 is 5.97 Å². The number of unbranched alkanes of at least 4 members (excludes halogenated alkanes) is 2. The van der Waals surface area contributed by atoms with Crippen LogP contribution in [0.4, 0.5) is 0 Å². The standard InChI is InChI=1S/C20H39N7O7/c1-12(17(31)26-14(6-2-4-8-21)19(33)24-10-16(29)30)25-20(34)15(7-3-5-9-22)27-18(32)13(23)11-28/h12-15,28H,2-11,21-23H2,1H3,(H,24,33)(H,25,34)(H,26,31)(H,27,32)(H,29,30)/t12-,13-,14-,15-/m0/s1. The second kappa shape index (κ2) is 17.6. The van der Waals surface area contributed by atoms with Crippen LogP contribution in [-0.2, 0) is 24.0 Å². The third-order valence-corrected chi connectivity index (χ3v) is 4.86. The van der Waals surface area contributed by atoms with Crippen molar-refractivity contribution in [3.8, 4) is 0 Å². The van der Waals surface area contributed by atoms with Crippen LogP contribution in [0.25, 0.3) is 0 Å². The Balaban J connectivity index is 5.14. The van der Waals surface area contributed by atoms with Gasteiger partial charge in [0.2, 0.25) is 23.6 Å². The minimum atomic E-state index is -1.23. The third kappa shape index (κ3) is 13.0. The summed E-state index contributed by atoms with van der Waals surface area (Å²) in [7, 11) is 0. The van der Waals surface area contributed by atoms with Gasteiger partial charge in [-0.2, -0.15) is 0 Å². The summed E-state index contributed by atoms with van der Waals surface area (Å²) in [6, 6.07) is -4.30. The Hall–Kier alpha value is -2.81. The van der Waals surface area contributed by atoms with Gasteiger partial charge in [0, 0.05) is 0 Å². The molecule has 0 spiro atoms. The average Bonchev–Trinajstić information content (AvgIpc) is 2.80. The lowest BCUT2D eigenvalue weighted by molar-refractivity contribution is -0.138. The summed E-state index contributed by atoms with van der Waals surface area (Å²) >= 11 is 0. The lowest BCUT2D eigenvalue weighted by atomic mass is 10.1. The van der Waals surface area contributed by atoms with Gasteiger partial charge < -0.3 is 48.7 Å². The highest BCUT2D eigenvalue weighted by Crippen LogP contribution is 2.04. The van der Waals surface area contributed by atoms with Crippen molar-refractivity contribution >= 4 is 29.6 Å². The molecule has 0 aliphatic rings. The Bertz CT molecular complexity index is 678. The number of amides is 4. The molecule has 0 bridgehead atoms. The van der Waals surface area contributed by atoms with Gasteiger partial charge in [-0.05, 0) is 58.5 Å². The maximum absolute atomic E-state index is 12.7. The van der Waals surface area contributed by atoms with Crippen LogP contribution in [0.1, 0.15) is 45.4 Å². The van der Waals surface area contributed by atoms with Crippen LogP contribution in [-0.4, -0.2) is 90.2 Å². The number of carbonyl (C=O) groups is 5. The zero-order valence-corrected chi connectivity index (χ0v) is 19.5.